The Balaban J connectivity index is 1.21. The second-order valence-electron chi connectivity index (χ2n) is 19.1. The monoisotopic (exact) mass is 1150 g/mol. The van der Waals surface area contributed by atoms with Crippen molar-refractivity contribution >= 4 is 43.6 Å². The van der Waals surface area contributed by atoms with E-state index >= 15 is 0 Å². The molecule has 9 aromatic carbocycles. The van der Waals surface area contributed by atoms with Crippen molar-refractivity contribution in [2.45, 2.75) is 37.1 Å². The molecule has 0 saturated heterocycles. The minimum absolute atomic E-state index is 0.0174. The van der Waals surface area contributed by atoms with Gasteiger partial charge in [-0.2, -0.15) is 84.3 Å². The van der Waals surface area contributed by atoms with Crippen LogP contribution in [-0.4, -0.2) is 9.13 Å². The van der Waals surface area contributed by atoms with Crippen molar-refractivity contribution in [2.75, 3.05) is 0 Å². The van der Waals surface area contributed by atoms with E-state index in [0.717, 1.165) is 0 Å². The molecule has 3 nitrogen and oxygen atoms in total. The highest BCUT2D eigenvalue weighted by atomic mass is 19.4. The van der Waals surface area contributed by atoms with Gasteiger partial charge in [-0.25, -0.2) is 0 Å². The lowest BCUT2D eigenvalue weighted by Crippen LogP contribution is -2.11. The first-order valence-electron chi connectivity index (χ1n) is 24.0. The summed E-state index contributed by atoms with van der Waals surface area (Å²) in [5.74, 6) is 0. The molecule has 414 valence electrons. The molecule has 2 aromatic heterocycles. The van der Waals surface area contributed by atoms with E-state index in [2.05, 4.69) is 6.07 Å². The first-order chi connectivity index (χ1) is 38.4. The highest BCUT2D eigenvalue weighted by molar-refractivity contribution is 6.13. The maximum Gasteiger partial charge on any atom is 0.416 e. The standard InChI is InChI=1S/C61H29F18N3/c62-56(63,64)38-18-35(19-39(27-38)57(65,66)67)31-12-15-51-46(24-31)44-7-1-3-9-49(44)81(51)53-17-14-33(37-22-42(60(74,75)76)29-43(23-37)61(77,78)79)26-48(53)55-34(30-80)6-5-11-54(55)82-50-10-4-2-8-45(50)47-25-32(13-16-52(47)82)36-20-40(58(68,69)70)28-41(21-36)59(71,72)73/h1-29H. The highest BCUT2D eigenvalue weighted by Crippen LogP contribution is 2.48. The molecule has 0 radical (unpaired) electrons. The highest BCUT2D eigenvalue weighted by Gasteiger charge is 2.40. The van der Waals surface area contributed by atoms with E-state index < -0.39 is 87.1 Å². The molecule has 11 rings (SSSR count). The lowest BCUT2D eigenvalue weighted by Gasteiger charge is -2.21. The minimum Gasteiger partial charge on any atom is -0.309 e. The van der Waals surface area contributed by atoms with E-state index in [1.807, 2.05) is 0 Å². The van der Waals surface area contributed by atoms with Crippen molar-refractivity contribution in [1.29, 1.82) is 5.26 Å². The van der Waals surface area contributed by atoms with Gasteiger partial charge in [0.1, 0.15) is 0 Å². The van der Waals surface area contributed by atoms with Crippen LogP contribution in [-0.2, 0) is 37.1 Å². The molecule has 0 atom stereocenters. The van der Waals surface area contributed by atoms with Gasteiger partial charge in [-0.1, -0.05) is 60.7 Å². The van der Waals surface area contributed by atoms with Crippen LogP contribution in [0.1, 0.15) is 38.9 Å². The number of nitrogens with zero attached hydrogens (tertiary/aromatic N) is 3. The molecular weight excluding hydrogens is 1120 g/mol. The molecule has 0 aliphatic rings. The number of alkyl halides is 18. The lowest BCUT2D eigenvalue weighted by atomic mass is 9.91. The molecule has 0 N–H and O–H groups in total. The summed E-state index contributed by atoms with van der Waals surface area (Å²) >= 11 is 0. The average Bonchev–Trinajstić information content (AvgIpc) is 2.16. The zero-order chi connectivity index (χ0) is 58.8. The Labute approximate surface area is 449 Å². The molecule has 11 aromatic rings. The first kappa shape index (κ1) is 54.8. The van der Waals surface area contributed by atoms with Crippen LogP contribution < -0.4 is 0 Å². The van der Waals surface area contributed by atoms with Gasteiger partial charge in [0.2, 0.25) is 0 Å². The van der Waals surface area contributed by atoms with Gasteiger partial charge in [-0.3, -0.25) is 0 Å². The van der Waals surface area contributed by atoms with E-state index in [1.165, 1.54) is 72.8 Å². The van der Waals surface area contributed by atoms with Gasteiger partial charge >= 0.3 is 37.1 Å². The first-order valence-corrected chi connectivity index (χ1v) is 24.0. The Morgan fingerprint density at radius 2 is 0.610 bits per heavy atom. The normalized spacial score (nSPS) is 13.0. The summed E-state index contributed by atoms with van der Waals surface area (Å²) in [6.45, 7) is 0. The fourth-order valence-electron chi connectivity index (χ4n) is 10.4. The molecular formula is C61H29F18N3. The number of aromatic nitrogens is 2. The fraction of sp³-hybridized carbons (Fsp3) is 0.0984. The van der Waals surface area contributed by atoms with Crippen LogP contribution in [0.5, 0.6) is 0 Å². The van der Waals surface area contributed by atoms with Crippen LogP contribution in [0.3, 0.4) is 0 Å². The number of hydrogen-bond donors (Lipinski definition) is 0. The predicted octanol–water partition coefficient (Wildman–Crippen LogP) is 20.5. The Bertz CT molecular complexity index is 4340. The summed E-state index contributed by atoms with van der Waals surface area (Å²) in [6.07, 6.45) is -31.3. The Morgan fingerprint density at radius 3 is 0.976 bits per heavy atom. The van der Waals surface area contributed by atoms with Crippen molar-refractivity contribution in [1.82, 2.24) is 9.13 Å². The largest absolute Gasteiger partial charge is 0.416 e. The van der Waals surface area contributed by atoms with E-state index in [9.17, 15) is 84.3 Å². The van der Waals surface area contributed by atoms with Crippen molar-refractivity contribution in [3.8, 4) is 62.0 Å². The minimum atomic E-state index is -5.29. The van der Waals surface area contributed by atoms with Crippen LogP contribution in [0.25, 0.3) is 99.5 Å². The Hall–Kier alpha value is -9.19. The van der Waals surface area contributed by atoms with Crippen LogP contribution in [0.2, 0.25) is 0 Å². The lowest BCUT2D eigenvalue weighted by molar-refractivity contribution is -0.144. The van der Waals surface area contributed by atoms with Gasteiger partial charge in [0.25, 0.3) is 0 Å². The number of halogens is 18. The van der Waals surface area contributed by atoms with Crippen LogP contribution in [0.4, 0.5) is 79.0 Å². The smallest absolute Gasteiger partial charge is 0.309 e. The van der Waals surface area contributed by atoms with Crippen LogP contribution in [0.15, 0.2) is 176 Å². The molecule has 0 spiro atoms. The average molecular weight is 1150 g/mol. The fourth-order valence-corrected chi connectivity index (χ4v) is 10.4. The summed E-state index contributed by atoms with van der Waals surface area (Å²) in [6, 6.07) is 34.2. The molecule has 0 aliphatic heterocycles. The second kappa shape index (κ2) is 19.0. The predicted molar refractivity (Wildman–Crippen MR) is 272 cm³/mol. The molecule has 0 aliphatic carbocycles. The summed E-state index contributed by atoms with van der Waals surface area (Å²) in [7, 11) is 0. The van der Waals surface area contributed by atoms with Crippen molar-refractivity contribution in [3.63, 3.8) is 0 Å². The molecule has 0 unspecified atom stereocenters. The summed E-state index contributed by atoms with van der Waals surface area (Å²) in [5.41, 5.74) is -10.4. The molecule has 2 heterocycles. The van der Waals surface area contributed by atoms with Crippen molar-refractivity contribution in [3.05, 3.63) is 215 Å². The number of fused-ring (bicyclic) bond motifs is 6. The van der Waals surface area contributed by atoms with E-state index in [1.54, 1.807) is 57.7 Å². The van der Waals surface area contributed by atoms with E-state index in [4.69, 9.17) is 0 Å². The van der Waals surface area contributed by atoms with Gasteiger partial charge in [0, 0.05) is 32.7 Å². The zero-order valence-electron chi connectivity index (χ0n) is 40.9. The SMILES string of the molecule is N#Cc1cccc(-n2c3ccccc3c3cc(-c4cc(C(F)(F)F)cc(C(F)(F)F)c4)ccc32)c1-c1cc(-c2cc(C(F)(F)F)cc(C(F)(F)F)c2)ccc1-n1c2ccccc2c2cc(-c3cc(C(F)(F)F)cc(C(F)(F)F)c3)ccc21. The second-order valence-corrected chi connectivity index (χ2v) is 19.1. The van der Waals surface area contributed by atoms with Crippen molar-refractivity contribution in [2.24, 2.45) is 0 Å². The third-order valence-electron chi connectivity index (χ3n) is 14.0. The van der Waals surface area contributed by atoms with Gasteiger partial charge in [0.15, 0.2) is 0 Å². The van der Waals surface area contributed by atoms with Gasteiger partial charge in [-0.15, -0.1) is 0 Å². The van der Waals surface area contributed by atoms with E-state index in [-0.39, 0.29) is 84.8 Å². The molecule has 0 saturated carbocycles. The number of para-hydroxylation sites is 2. The van der Waals surface area contributed by atoms with Gasteiger partial charge < -0.3 is 9.13 Å². The Morgan fingerprint density at radius 1 is 0.280 bits per heavy atom. The summed E-state index contributed by atoms with van der Waals surface area (Å²) < 4.78 is 259. The van der Waals surface area contributed by atoms with Crippen molar-refractivity contribution < 1.29 is 79.0 Å². The third-order valence-corrected chi connectivity index (χ3v) is 14.0. The molecule has 0 amide bonds. The maximum absolute atomic E-state index is 14.4. The topological polar surface area (TPSA) is 33.6 Å². The Kier molecular flexibility index (Phi) is 12.7. The van der Waals surface area contributed by atoms with Gasteiger partial charge in [0.05, 0.1) is 78.5 Å². The van der Waals surface area contributed by atoms with Crippen LogP contribution >= 0.6 is 0 Å². The molecule has 0 bridgehead atoms. The van der Waals surface area contributed by atoms with Gasteiger partial charge in [-0.05, 0) is 149 Å². The number of rotatable bonds is 6. The number of hydrogen-bond acceptors (Lipinski definition) is 1. The molecule has 21 heteroatoms. The maximum atomic E-state index is 14.4. The molecule has 82 heavy (non-hydrogen) atoms. The number of nitriles is 1. The van der Waals surface area contributed by atoms with Crippen LogP contribution in [0, 0.1) is 11.3 Å². The zero-order valence-corrected chi connectivity index (χ0v) is 40.9. The van der Waals surface area contributed by atoms with E-state index in [0.29, 0.717) is 58.2 Å². The summed E-state index contributed by atoms with van der Waals surface area (Å²) in [4.78, 5) is 0. The molecule has 0 fully saturated rings. The third kappa shape index (κ3) is 9.78. The number of benzene rings is 9. The summed E-state index contributed by atoms with van der Waals surface area (Å²) in [5, 5.41) is 12.3. The quantitative estimate of drug-likeness (QED) is 0.153.